The van der Waals surface area contributed by atoms with Crippen LogP contribution in [0.2, 0.25) is 10.0 Å². The standard InChI is InChI=1S/C6H4Cl2O6S2/c7-3-1-4(8)6(16(12,13)14)2-5(3)15(9,10)11/h1-2H,(H,9,10,11)(H,12,13,14)/p-2. The summed E-state index contributed by atoms with van der Waals surface area (Å²) < 4.78 is 64.0. The Morgan fingerprint density at radius 3 is 1.38 bits per heavy atom. The predicted molar refractivity (Wildman–Crippen MR) is 52.4 cm³/mol. The molecule has 0 bridgehead atoms. The molecule has 1 aromatic carbocycles. The van der Waals surface area contributed by atoms with Crippen LogP contribution < -0.4 is 0 Å². The van der Waals surface area contributed by atoms with Crippen LogP contribution in [0.3, 0.4) is 0 Å². The van der Waals surface area contributed by atoms with E-state index < -0.39 is 40.1 Å². The van der Waals surface area contributed by atoms with Crippen LogP contribution in [-0.2, 0) is 20.2 Å². The average molecular weight is 305 g/mol. The first-order valence-corrected chi connectivity index (χ1v) is 7.01. The van der Waals surface area contributed by atoms with E-state index in [0.717, 1.165) is 0 Å². The number of halogens is 2. The zero-order valence-corrected chi connectivity index (χ0v) is 10.3. The van der Waals surface area contributed by atoms with Gasteiger partial charge in [-0.25, -0.2) is 16.8 Å². The summed E-state index contributed by atoms with van der Waals surface area (Å²) in [6.45, 7) is 0. The lowest BCUT2D eigenvalue weighted by molar-refractivity contribution is 0.461. The number of benzene rings is 1. The Balaban J connectivity index is 3.72. The summed E-state index contributed by atoms with van der Waals surface area (Å²) in [6, 6.07) is 1.05. The van der Waals surface area contributed by atoms with Gasteiger partial charge in [-0.15, -0.1) is 0 Å². The molecule has 0 amide bonds. The molecule has 16 heavy (non-hydrogen) atoms. The number of rotatable bonds is 2. The minimum absolute atomic E-state index is 0.343. The van der Waals surface area contributed by atoms with Crippen molar-refractivity contribution in [1.82, 2.24) is 0 Å². The molecule has 0 N–H and O–H groups in total. The predicted octanol–water partition coefficient (Wildman–Crippen LogP) is 0.802. The first-order chi connectivity index (χ1) is 7.03. The van der Waals surface area contributed by atoms with Crippen LogP contribution in [0.15, 0.2) is 21.9 Å². The summed E-state index contributed by atoms with van der Waals surface area (Å²) in [5, 5.41) is -1.10. The molecule has 0 unspecified atom stereocenters. The van der Waals surface area contributed by atoms with Gasteiger partial charge < -0.3 is 9.11 Å². The van der Waals surface area contributed by atoms with Crippen molar-refractivity contribution in [3.05, 3.63) is 22.2 Å². The topological polar surface area (TPSA) is 114 Å². The van der Waals surface area contributed by atoms with Crippen LogP contribution in [0, 0.1) is 0 Å². The Bertz CT molecular complexity index is 580. The van der Waals surface area contributed by atoms with Crippen molar-refractivity contribution < 1.29 is 25.9 Å². The molecular weight excluding hydrogens is 303 g/mol. The maximum absolute atomic E-state index is 10.7. The van der Waals surface area contributed by atoms with Crippen LogP contribution in [0.1, 0.15) is 0 Å². The Kier molecular flexibility index (Phi) is 3.53. The maximum Gasteiger partial charge on any atom is 0.125 e. The Morgan fingerprint density at radius 2 is 1.12 bits per heavy atom. The lowest BCUT2D eigenvalue weighted by atomic mass is 10.4. The molecule has 0 radical (unpaired) electrons. The van der Waals surface area contributed by atoms with Crippen molar-refractivity contribution in [2.45, 2.75) is 9.79 Å². The summed E-state index contributed by atoms with van der Waals surface area (Å²) in [5.41, 5.74) is 0. The smallest absolute Gasteiger partial charge is 0.125 e. The highest BCUT2D eigenvalue weighted by molar-refractivity contribution is 7.86. The van der Waals surface area contributed by atoms with E-state index in [0.29, 0.717) is 12.1 Å². The van der Waals surface area contributed by atoms with Crippen LogP contribution >= 0.6 is 23.2 Å². The minimum Gasteiger partial charge on any atom is -0.744 e. The summed E-state index contributed by atoms with van der Waals surface area (Å²) in [4.78, 5) is -2.01. The normalized spacial score (nSPS) is 12.8. The second-order valence-electron chi connectivity index (χ2n) is 2.62. The quantitative estimate of drug-likeness (QED) is 0.746. The zero-order chi connectivity index (χ0) is 12.7. The Labute approximate surface area is 101 Å². The van der Waals surface area contributed by atoms with Crippen molar-refractivity contribution in [2.24, 2.45) is 0 Å². The Morgan fingerprint density at radius 1 is 0.812 bits per heavy atom. The molecule has 1 rings (SSSR count). The van der Waals surface area contributed by atoms with Gasteiger partial charge in [0.25, 0.3) is 0 Å². The van der Waals surface area contributed by atoms with Gasteiger partial charge >= 0.3 is 0 Å². The van der Waals surface area contributed by atoms with Gasteiger partial charge in [0, 0.05) is 0 Å². The third-order valence-corrected chi connectivity index (χ3v) is 4.13. The van der Waals surface area contributed by atoms with E-state index in [1.165, 1.54) is 0 Å². The van der Waals surface area contributed by atoms with E-state index in [1.54, 1.807) is 0 Å². The minimum atomic E-state index is -4.98. The van der Waals surface area contributed by atoms with Crippen molar-refractivity contribution in [2.75, 3.05) is 0 Å². The van der Waals surface area contributed by atoms with Gasteiger partial charge in [0.1, 0.15) is 20.2 Å². The van der Waals surface area contributed by atoms with Crippen molar-refractivity contribution in [3.8, 4) is 0 Å². The van der Waals surface area contributed by atoms with Crippen LogP contribution in [-0.4, -0.2) is 25.9 Å². The molecule has 0 heterocycles. The van der Waals surface area contributed by atoms with Gasteiger partial charge in [-0.3, -0.25) is 0 Å². The molecule has 90 valence electrons. The second kappa shape index (κ2) is 4.13. The molecule has 0 aliphatic carbocycles. The molecule has 6 nitrogen and oxygen atoms in total. The largest absolute Gasteiger partial charge is 0.744 e. The lowest BCUT2D eigenvalue weighted by Gasteiger charge is -2.14. The molecule has 0 aromatic heterocycles. The third-order valence-electron chi connectivity index (χ3n) is 1.53. The van der Waals surface area contributed by atoms with Crippen LogP contribution in [0.25, 0.3) is 0 Å². The molecule has 0 fully saturated rings. The third kappa shape index (κ3) is 2.84. The summed E-state index contributed by atoms with van der Waals surface area (Å²) in [5.74, 6) is 0. The van der Waals surface area contributed by atoms with Crippen molar-refractivity contribution in [1.29, 1.82) is 0 Å². The molecule has 0 atom stereocenters. The second-order valence-corrected chi connectivity index (χ2v) is 6.13. The summed E-state index contributed by atoms with van der Waals surface area (Å²) in [6.07, 6.45) is 0. The van der Waals surface area contributed by atoms with Gasteiger partial charge in [-0.1, -0.05) is 23.2 Å². The molecule has 0 saturated carbocycles. The number of hydrogen-bond acceptors (Lipinski definition) is 6. The van der Waals surface area contributed by atoms with E-state index in [4.69, 9.17) is 23.2 Å². The van der Waals surface area contributed by atoms with Crippen molar-refractivity contribution in [3.63, 3.8) is 0 Å². The van der Waals surface area contributed by atoms with Crippen LogP contribution in [0.5, 0.6) is 0 Å². The van der Waals surface area contributed by atoms with Gasteiger partial charge in [-0.05, 0) is 12.1 Å². The van der Waals surface area contributed by atoms with E-state index in [9.17, 15) is 25.9 Å². The lowest BCUT2D eigenvalue weighted by Crippen LogP contribution is -2.05. The van der Waals surface area contributed by atoms with Crippen LogP contribution in [0.4, 0.5) is 0 Å². The monoisotopic (exact) mass is 304 g/mol. The molecule has 1 aromatic rings. The zero-order valence-electron chi connectivity index (χ0n) is 7.18. The summed E-state index contributed by atoms with van der Waals surface area (Å²) >= 11 is 10.8. The molecular formula is C6H2Cl2O6S2-2. The molecule has 0 saturated heterocycles. The average Bonchev–Trinajstić information content (AvgIpc) is 1.97. The SMILES string of the molecule is O=S(=O)([O-])c1cc(S(=O)(=O)[O-])c(Cl)cc1Cl. The fraction of sp³-hybridized carbons (Fsp3) is 0. The molecule has 0 spiro atoms. The van der Waals surface area contributed by atoms with E-state index in [2.05, 4.69) is 0 Å². The first-order valence-electron chi connectivity index (χ1n) is 3.44. The summed E-state index contributed by atoms with van der Waals surface area (Å²) in [7, 11) is -9.95. The van der Waals surface area contributed by atoms with Gasteiger partial charge in [-0.2, -0.15) is 0 Å². The van der Waals surface area contributed by atoms with E-state index >= 15 is 0 Å². The van der Waals surface area contributed by atoms with E-state index in [-0.39, 0.29) is 0 Å². The first kappa shape index (κ1) is 13.7. The van der Waals surface area contributed by atoms with Gasteiger partial charge in [0.15, 0.2) is 0 Å². The van der Waals surface area contributed by atoms with Gasteiger partial charge in [0.2, 0.25) is 0 Å². The Hall–Kier alpha value is -0.380. The highest BCUT2D eigenvalue weighted by Crippen LogP contribution is 2.30. The van der Waals surface area contributed by atoms with E-state index in [1.807, 2.05) is 0 Å². The molecule has 10 heteroatoms. The molecule has 0 aliphatic heterocycles. The fourth-order valence-electron chi connectivity index (χ4n) is 0.894. The van der Waals surface area contributed by atoms with Crippen molar-refractivity contribution >= 4 is 43.4 Å². The van der Waals surface area contributed by atoms with Gasteiger partial charge in [0.05, 0.1) is 19.8 Å². The fourth-order valence-corrected chi connectivity index (χ4v) is 3.04. The highest BCUT2D eigenvalue weighted by atomic mass is 35.5. The highest BCUT2D eigenvalue weighted by Gasteiger charge is 2.15. The maximum atomic E-state index is 10.7. The number of hydrogen-bond donors (Lipinski definition) is 0. The molecule has 0 aliphatic rings.